The molecule has 1 rings (SSSR count). The molecule has 1 atom stereocenters. The predicted molar refractivity (Wildman–Crippen MR) is 33.2 cm³/mol. The van der Waals surface area contributed by atoms with Gasteiger partial charge in [-0.3, -0.25) is 14.9 Å². The highest BCUT2D eigenvalue weighted by Crippen LogP contribution is 2.19. The molecular formula is C6H9NO3. The maximum absolute atomic E-state index is 10.9. The van der Waals surface area contributed by atoms with Gasteiger partial charge in [-0.2, -0.15) is 0 Å². The first-order chi connectivity index (χ1) is 4.58. The molecule has 0 aliphatic carbocycles. The van der Waals surface area contributed by atoms with Crippen molar-refractivity contribution < 1.29 is 14.3 Å². The number of hydrogen-bond acceptors (Lipinski definition) is 3. The van der Waals surface area contributed by atoms with Crippen LogP contribution in [0.15, 0.2) is 0 Å². The zero-order valence-corrected chi connectivity index (χ0v) is 5.93. The Labute approximate surface area is 58.5 Å². The van der Waals surface area contributed by atoms with Gasteiger partial charge in [0.15, 0.2) is 5.60 Å². The van der Waals surface area contributed by atoms with Crippen LogP contribution in [0, 0.1) is 0 Å². The molecule has 1 unspecified atom stereocenters. The van der Waals surface area contributed by atoms with Crippen LogP contribution in [0.1, 0.15) is 13.3 Å². The summed E-state index contributed by atoms with van der Waals surface area (Å²) in [6.07, 6.45) is 0.127. The molecule has 0 aromatic heterocycles. The fraction of sp³-hybridized carbons (Fsp3) is 0.667. The van der Waals surface area contributed by atoms with E-state index in [1.807, 2.05) is 0 Å². The SMILES string of the molecule is COC1(C)CC(=O)NC1=O. The van der Waals surface area contributed by atoms with Crippen LogP contribution in [0.2, 0.25) is 0 Å². The van der Waals surface area contributed by atoms with Gasteiger partial charge < -0.3 is 4.74 Å². The number of carbonyl (C=O) groups excluding carboxylic acids is 2. The third-order valence-corrected chi connectivity index (χ3v) is 1.68. The van der Waals surface area contributed by atoms with E-state index in [1.54, 1.807) is 6.92 Å². The highest BCUT2D eigenvalue weighted by molar-refractivity contribution is 6.07. The van der Waals surface area contributed by atoms with Crippen molar-refractivity contribution in [2.75, 3.05) is 7.11 Å². The molecule has 0 saturated carbocycles. The van der Waals surface area contributed by atoms with E-state index in [-0.39, 0.29) is 18.2 Å². The number of methoxy groups -OCH3 is 1. The summed E-state index contributed by atoms with van der Waals surface area (Å²) in [7, 11) is 1.41. The highest BCUT2D eigenvalue weighted by Gasteiger charge is 2.42. The molecule has 1 aliphatic heterocycles. The van der Waals surface area contributed by atoms with Crippen molar-refractivity contribution in [1.29, 1.82) is 0 Å². The average molecular weight is 143 g/mol. The van der Waals surface area contributed by atoms with Crippen LogP contribution in [-0.2, 0) is 14.3 Å². The second-order valence-electron chi connectivity index (χ2n) is 2.49. The first-order valence-corrected chi connectivity index (χ1v) is 2.98. The van der Waals surface area contributed by atoms with Crippen molar-refractivity contribution in [2.45, 2.75) is 18.9 Å². The molecule has 0 aromatic carbocycles. The number of imide groups is 1. The minimum absolute atomic E-state index is 0.127. The van der Waals surface area contributed by atoms with Crippen LogP contribution in [-0.4, -0.2) is 24.5 Å². The van der Waals surface area contributed by atoms with Gasteiger partial charge in [-0.25, -0.2) is 0 Å². The number of nitrogens with one attached hydrogen (secondary N) is 1. The highest BCUT2D eigenvalue weighted by atomic mass is 16.5. The van der Waals surface area contributed by atoms with Crippen molar-refractivity contribution in [3.8, 4) is 0 Å². The smallest absolute Gasteiger partial charge is 0.259 e. The average Bonchev–Trinajstić information content (AvgIpc) is 2.09. The van der Waals surface area contributed by atoms with Gasteiger partial charge in [0.05, 0.1) is 6.42 Å². The molecule has 2 amide bonds. The van der Waals surface area contributed by atoms with Crippen LogP contribution in [0.4, 0.5) is 0 Å². The summed E-state index contributed by atoms with van der Waals surface area (Å²) in [5.74, 6) is -0.616. The molecule has 4 heteroatoms. The number of amides is 2. The van der Waals surface area contributed by atoms with Crippen LogP contribution >= 0.6 is 0 Å². The molecular weight excluding hydrogens is 134 g/mol. The fourth-order valence-electron chi connectivity index (χ4n) is 0.855. The summed E-state index contributed by atoms with van der Waals surface area (Å²) in [5.41, 5.74) is -0.933. The van der Waals surface area contributed by atoms with Crippen molar-refractivity contribution in [2.24, 2.45) is 0 Å². The van der Waals surface area contributed by atoms with E-state index < -0.39 is 5.60 Å². The van der Waals surface area contributed by atoms with Gasteiger partial charge in [-0.1, -0.05) is 0 Å². The molecule has 0 bridgehead atoms. The molecule has 1 fully saturated rings. The molecule has 10 heavy (non-hydrogen) atoms. The van der Waals surface area contributed by atoms with Crippen molar-refractivity contribution >= 4 is 11.8 Å². The second kappa shape index (κ2) is 2.05. The molecule has 1 N–H and O–H groups in total. The van der Waals surface area contributed by atoms with Gasteiger partial charge >= 0.3 is 0 Å². The van der Waals surface area contributed by atoms with Gasteiger partial charge in [0.2, 0.25) is 5.91 Å². The van der Waals surface area contributed by atoms with E-state index in [0.717, 1.165) is 0 Å². The number of ether oxygens (including phenoxy) is 1. The topological polar surface area (TPSA) is 55.4 Å². The zero-order chi connectivity index (χ0) is 7.78. The fourth-order valence-corrected chi connectivity index (χ4v) is 0.855. The number of hydrogen-bond donors (Lipinski definition) is 1. The molecule has 0 spiro atoms. The van der Waals surface area contributed by atoms with Gasteiger partial charge in [-0.15, -0.1) is 0 Å². The Bertz CT molecular complexity index is 189. The lowest BCUT2D eigenvalue weighted by molar-refractivity contribution is -0.136. The third kappa shape index (κ3) is 0.903. The van der Waals surface area contributed by atoms with Gasteiger partial charge in [0, 0.05) is 7.11 Å². The van der Waals surface area contributed by atoms with Crippen LogP contribution in [0.5, 0.6) is 0 Å². The van der Waals surface area contributed by atoms with Gasteiger partial charge in [-0.05, 0) is 6.92 Å². The lowest BCUT2D eigenvalue weighted by Crippen LogP contribution is -2.36. The van der Waals surface area contributed by atoms with E-state index in [0.29, 0.717) is 0 Å². The summed E-state index contributed by atoms with van der Waals surface area (Å²) in [5, 5.41) is 2.16. The van der Waals surface area contributed by atoms with E-state index in [1.165, 1.54) is 7.11 Å². The van der Waals surface area contributed by atoms with E-state index in [4.69, 9.17) is 4.74 Å². The van der Waals surface area contributed by atoms with Crippen molar-refractivity contribution in [1.82, 2.24) is 5.32 Å². The van der Waals surface area contributed by atoms with E-state index >= 15 is 0 Å². The first-order valence-electron chi connectivity index (χ1n) is 2.98. The lowest BCUT2D eigenvalue weighted by Gasteiger charge is -2.15. The maximum Gasteiger partial charge on any atom is 0.259 e. The summed E-state index contributed by atoms with van der Waals surface area (Å²) in [6, 6.07) is 0. The number of carbonyl (C=O) groups is 2. The molecule has 4 nitrogen and oxygen atoms in total. The Kier molecular flexibility index (Phi) is 1.48. The monoisotopic (exact) mass is 143 g/mol. The van der Waals surface area contributed by atoms with Crippen LogP contribution < -0.4 is 5.32 Å². The second-order valence-corrected chi connectivity index (χ2v) is 2.49. The maximum atomic E-state index is 10.9. The lowest BCUT2D eigenvalue weighted by atomic mass is 10.1. The Morgan fingerprint density at radius 2 is 2.20 bits per heavy atom. The van der Waals surface area contributed by atoms with Crippen molar-refractivity contribution in [3.63, 3.8) is 0 Å². The first kappa shape index (κ1) is 7.21. The van der Waals surface area contributed by atoms with Crippen molar-refractivity contribution in [3.05, 3.63) is 0 Å². The standard InChI is InChI=1S/C6H9NO3/c1-6(10-2)3-4(8)7-5(6)9/h3H2,1-2H3,(H,7,8,9). The summed E-state index contributed by atoms with van der Waals surface area (Å²) in [6.45, 7) is 1.59. The summed E-state index contributed by atoms with van der Waals surface area (Å²) >= 11 is 0. The molecule has 1 heterocycles. The van der Waals surface area contributed by atoms with Gasteiger partial charge in [0.25, 0.3) is 5.91 Å². The Balaban J connectivity index is 2.80. The Hall–Kier alpha value is -0.900. The largest absolute Gasteiger partial charge is 0.368 e. The Morgan fingerprint density at radius 3 is 2.40 bits per heavy atom. The molecule has 56 valence electrons. The molecule has 0 aromatic rings. The molecule has 0 radical (unpaired) electrons. The predicted octanol–water partition coefficient (Wildman–Crippen LogP) is -0.562. The normalized spacial score (nSPS) is 32.6. The van der Waals surface area contributed by atoms with Gasteiger partial charge in [0.1, 0.15) is 0 Å². The zero-order valence-electron chi connectivity index (χ0n) is 5.93. The quantitative estimate of drug-likeness (QED) is 0.500. The third-order valence-electron chi connectivity index (χ3n) is 1.68. The minimum atomic E-state index is -0.933. The van der Waals surface area contributed by atoms with E-state index in [9.17, 15) is 9.59 Å². The number of rotatable bonds is 1. The van der Waals surface area contributed by atoms with E-state index in [2.05, 4.69) is 5.32 Å². The summed E-state index contributed by atoms with van der Waals surface area (Å²) < 4.78 is 4.85. The van der Waals surface area contributed by atoms with Crippen LogP contribution in [0.25, 0.3) is 0 Å². The Morgan fingerprint density at radius 1 is 1.60 bits per heavy atom. The molecule has 1 saturated heterocycles. The minimum Gasteiger partial charge on any atom is -0.368 e. The molecule has 1 aliphatic rings. The summed E-state index contributed by atoms with van der Waals surface area (Å²) in [4.78, 5) is 21.5. The van der Waals surface area contributed by atoms with Crippen LogP contribution in [0.3, 0.4) is 0 Å².